The second-order valence-corrected chi connectivity index (χ2v) is 7.26. The zero-order valence-electron chi connectivity index (χ0n) is 17.5. The Labute approximate surface area is 189 Å². The van der Waals surface area contributed by atoms with Crippen LogP contribution in [-0.2, 0) is 13.0 Å². The van der Waals surface area contributed by atoms with E-state index in [4.69, 9.17) is 5.73 Å². The third-order valence-corrected chi connectivity index (χ3v) is 5.04. The molecule has 2 aromatic heterocycles. The fourth-order valence-electron chi connectivity index (χ4n) is 3.39. The number of amides is 1. The van der Waals surface area contributed by atoms with Gasteiger partial charge in [0, 0.05) is 24.9 Å². The Morgan fingerprint density at radius 2 is 1.94 bits per heavy atom. The van der Waals surface area contributed by atoms with E-state index in [2.05, 4.69) is 25.6 Å². The molecule has 0 aliphatic heterocycles. The molecule has 0 saturated carbocycles. The number of aromatic nitrogens is 3. The highest BCUT2D eigenvalue weighted by Gasteiger charge is 2.16. The molecular formula is C24H20FN7O. The van der Waals surface area contributed by atoms with Gasteiger partial charge in [-0.1, -0.05) is 30.3 Å². The van der Waals surface area contributed by atoms with Gasteiger partial charge in [0.2, 0.25) is 0 Å². The van der Waals surface area contributed by atoms with Crippen molar-refractivity contribution in [1.82, 2.24) is 20.3 Å². The summed E-state index contributed by atoms with van der Waals surface area (Å²) in [6, 6.07) is 17.4. The molecule has 2 heterocycles. The average molecular weight is 441 g/mol. The number of nitrogens with one attached hydrogen (secondary N) is 2. The van der Waals surface area contributed by atoms with Crippen LogP contribution in [0.2, 0.25) is 0 Å². The molecule has 0 aliphatic rings. The molecule has 0 fully saturated rings. The third kappa shape index (κ3) is 5.02. The second kappa shape index (κ2) is 9.70. The van der Waals surface area contributed by atoms with Gasteiger partial charge in [-0.05, 0) is 29.8 Å². The molecule has 8 nitrogen and oxygen atoms in total. The number of carbonyl (C=O) groups excluding carboxylic acids is 1. The molecular weight excluding hydrogens is 421 g/mol. The number of pyridine rings is 1. The quantitative estimate of drug-likeness (QED) is 0.401. The molecule has 0 unspecified atom stereocenters. The van der Waals surface area contributed by atoms with Gasteiger partial charge in [0.25, 0.3) is 5.91 Å². The number of hydrogen-bond donors (Lipinski definition) is 3. The Bertz CT molecular complexity index is 1350. The van der Waals surface area contributed by atoms with Crippen molar-refractivity contribution in [1.29, 1.82) is 5.26 Å². The van der Waals surface area contributed by atoms with Gasteiger partial charge in [0.1, 0.15) is 35.4 Å². The van der Waals surface area contributed by atoms with Crippen molar-refractivity contribution in [3.05, 3.63) is 89.1 Å². The van der Waals surface area contributed by atoms with Crippen LogP contribution in [0.5, 0.6) is 0 Å². The molecule has 0 saturated heterocycles. The lowest BCUT2D eigenvalue weighted by molar-refractivity contribution is 0.0949. The van der Waals surface area contributed by atoms with E-state index in [9.17, 15) is 14.4 Å². The summed E-state index contributed by atoms with van der Waals surface area (Å²) in [7, 11) is 0. The molecule has 1 amide bonds. The molecule has 4 aromatic rings. The third-order valence-electron chi connectivity index (χ3n) is 5.04. The molecule has 4 N–H and O–H groups in total. The number of nitrogen functional groups attached to an aromatic ring is 1. The van der Waals surface area contributed by atoms with E-state index >= 15 is 0 Å². The van der Waals surface area contributed by atoms with Crippen LogP contribution in [0.15, 0.2) is 60.9 Å². The van der Waals surface area contributed by atoms with Crippen LogP contribution < -0.4 is 16.4 Å². The van der Waals surface area contributed by atoms with Gasteiger partial charge in [-0.15, -0.1) is 0 Å². The van der Waals surface area contributed by atoms with Crippen molar-refractivity contribution in [2.24, 2.45) is 0 Å². The summed E-state index contributed by atoms with van der Waals surface area (Å²) in [5, 5.41) is 15.8. The number of anilines is 2. The molecule has 0 spiro atoms. The predicted molar refractivity (Wildman–Crippen MR) is 123 cm³/mol. The van der Waals surface area contributed by atoms with Crippen molar-refractivity contribution in [2.45, 2.75) is 13.0 Å². The number of hydrogen-bond acceptors (Lipinski definition) is 7. The summed E-state index contributed by atoms with van der Waals surface area (Å²) >= 11 is 0. The number of nitrogens with two attached hydrogens (primary N) is 1. The van der Waals surface area contributed by atoms with E-state index in [0.717, 1.165) is 5.56 Å². The first-order valence-corrected chi connectivity index (χ1v) is 10.2. The van der Waals surface area contributed by atoms with Gasteiger partial charge in [-0.25, -0.2) is 14.4 Å². The van der Waals surface area contributed by atoms with Crippen molar-refractivity contribution in [3.63, 3.8) is 0 Å². The van der Waals surface area contributed by atoms with Gasteiger partial charge >= 0.3 is 0 Å². The highest BCUT2D eigenvalue weighted by molar-refractivity contribution is 5.98. The lowest BCUT2D eigenvalue weighted by atomic mass is 10.1. The van der Waals surface area contributed by atoms with Gasteiger partial charge < -0.3 is 16.4 Å². The van der Waals surface area contributed by atoms with Gasteiger partial charge in [-0.2, -0.15) is 5.26 Å². The highest BCUT2D eigenvalue weighted by Crippen LogP contribution is 2.20. The van der Waals surface area contributed by atoms with E-state index in [-0.39, 0.29) is 17.3 Å². The smallest absolute Gasteiger partial charge is 0.253 e. The molecule has 0 radical (unpaired) electrons. The van der Waals surface area contributed by atoms with E-state index in [0.29, 0.717) is 47.5 Å². The maximum atomic E-state index is 13.7. The van der Waals surface area contributed by atoms with Crippen LogP contribution in [0.4, 0.5) is 16.0 Å². The zero-order valence-corrected chi connectivity index (χ0v) is 17.5. The first kappa shape index (κ1) is 21.6. The number of nitriles is 1. The monoisotopic (exact) mass is 441 g/mol. The lowest BCUT2D eigenvalue weighted by Crippen LogP contribution is -2.25. The molecule has 2 aromatic carbocycles. The largest absolute Gasteiger partial charge is 0.382 e. The maximum absolute atomic E-state index is 13.7. The summed E-state index contributed by atoms with van der Waals surface area (Å²) in [6.07, 6.45) is 1.62. The minimum atomic E-state index is -0.403. The summed E-state index contributed by atoms with van der Waals surface area (Å²) < 4.78 is 13.7. The summed E-state index contributed by atoms with van der Waals surface area (Å²) in [5.41, 5.74) is 8.30. The maximum Gasteiger partial charge on any atom is 0.253 e. The summed E-state index contributed by atoms with van der Waals surface area (Å²) in [4.78, 5) is 25.5. The van der Waals surface area contributed by atoms with Crippen LogP contribution in [0.1, 0.15) is 27.2 Å². The summed E-state index contributed by atoms with van der Waals surface area (Å²) in [5.74, 6) is -0.318. The lowest BCUT2D eigenvalue weighted by Gasteiger charge is -2.13. The fraction of sp³-hybridized carbons (Fsp3) is 0.125. The van der Waals surface area contributed by atoms with Gasteiger partial charge in [0.15, 0.2) is 0 Å². The molecule has 0 aliphatic carbocycles. The highest BCUT2D eigenvalue weighted by atomic mass is 19.1. The first-order chi connectivity index (χ1) is 16.0. The average Bonchev–Trinajstić information content (AvgIpc) is 2.83. The normalized spacial score (nSPS) is 10.5. The number of rotatable bonds is 7. The Hall–Kier alpha value is -4.58. The van der Waals surface area contributed by atoms with Crippen LogP contribution in [0, 0.1) is 17.1 Å². The van der Waals surface area contributed by atoms with Crippen molar-refractivity contribution in [3.8, 4) is 6.07 Å². The number of fused-ring (bicyclic) bond motifs is 1. The number of nitrogens with zero attached hydrogens (tertiary/aromatic N) is 4. The Kier molecular flexibility index (Phi) is 6.36. The second-order valence-electron chi connectivity index (χ2n) is 7.26. The Balaban J connectivity index is 1.58. The van der Waals surface area contributed by atoms with Crippen molar-refractivity contribution < 1.29 is 9.18 Å². The summed E-state index contributed by atoms with van der Waals surface area (Å²) in [6.45, 7) is 0.689. The molecule has 4 rings (SSSR count). The van der Waals surface area contributed by atoms with Crippen molar-refractivity contribution >= 4 is 28.4 Å². The van der Waals surface area contributed by atoms with E-state index in [1.807, 2.05) is 36.4 Å². The standard InChI is InChI=1S/C24H20FN7O/c25-17-6-7-20-16(10-17)11-18(24(33)29-13-15-4-2-1-3-5-15)21(32-20)8-9-28-23-19(12-26)22(27)30-14-31-23/h1-7,10-11,14H,8-9,13H2,(H,29,33)(H3,27,28,30,31). The van der Waals surface area contributed by atoms with E-state index in [1.165, 1.54) is 18.5 Å². The minimum Gasteiger partial charge on any atom is -0.382 e. The van der Waals surface area contributed by atoms with Crippen molar-refractivity contribution in [2.75, 3.05) is 17.6 Å². The molecule has 0 bridgehead atoms. The van der Waals surface area contributed by atoms with Crippen LogP contribution in [-0.4, -0.2) is 27.4 Å². The SMILES string of the molecule is N#Cc1c(N)ncnc1NCCc1nc2ccc(F)cc2cc1C(=O)NCc1ccccc1. The topological polar surface area (TPSA) is 130 Å². The van der Waals surface area contributed by atoms with E-state index in [1.54, 1.807) is 12.1 Å². The molecule has 9 heteroatoms. The van der Waals surface area contributed by atoms with Crippen LogP contribution in [0.25, 0.3) is 10.9 Å². The number of carbonyl (C=O) groups is 1. The number of benzene rings is 2. The number of halogens is 1. The molecule has 33 heavy (non-hydrogen) atoms. The van der Waals surface area contributed by atoms with Crippen LogP contribution >= 0.6 is 0 Å². The fourth-order valence-corrected chi connectivity index (χ4v) is 3.39. The van der Waals surface area contributed by atoms with Crippen LogP contribution in [0.3, 0.4) is 0 Å². The first-order valence-electron chi connectivity index (χ1n) is 10.2. The van der Waals surface area contributed by atoms with E-state index < -0.39 is 5.82 Å². The Morgan fingerprint density at radius 1 is 1.12 bits per heavy atom. The Morgan fingerprint density at radius 3 is 2.73 bits per heavy atom. The van der Waals surface area contributed by atoms with Gasteiger partial charge in [0.05, 0.1) is 16.8 Å². The predicted octanol–water partition coefficient (Wildman–Crippen LogP) is 3.20. The molecule has 0 atom stereocenters. The zero-order chi connectivity index (χ0) is 23.2. The minimum absolute atomic E-state index is 0.0850. The molecule has 164 valence electrons. The van der Waals surface area contributed by atoms with Gasteiger partial charge in [-0.3, -0.25) is 9.78 Å².